The molecule has 6 heteroatoms. The molecule has 1 aliphatic rings. The summed E-state index contributed by atoms with van der Waals surface area (Å²) < 4.78 is 0. The highest BCUT2D eigenvalue weighted by atomic mass is 32.2. The zero-order chi connectivity index (χ0) is 20.4. The van der Waals surface area contributed by atoms with Gasteiger partial charge in [0.15, 0.2) is 0 Å². The molecule has 1 aliphatic heterocycles. The fourth-order valence-corrected chi connectivity index (χ4v) is 4.02. The van der Waals surface area contributed by atoms with Gasteiger partial charge in [-0.05, 0) is 55.0 Å². The molecule has 0 unspecified atom stereocenters. The van der Waals surface area contributed by atoms with E-state index >= 15 is 0 Å². The van der Waals surface area contributed by atoms with Crippen LogP contribution in [0, 0.1) is 0 Å². The summed E-state index contributed by atoms with van der Waals surface area (Å²) in [6.07, 6.45) is 0. The van der Waals surface area contributed by atoms with Crippen molar-refractivity contribution in [3.05, 3.63) is 77.9 Å². The normalized spacial score (nSPS) is 12.4. The number of carbonyl (C=O) groups is 1. The molecule has 0 radical (unpaired) electrons. The Morgan fingerprint density at radius 2 is 1.72 bits per heavy atom. The lowest BCUT2D eigenvalue weighted by Crippen LogP contribution is -2.20. The van der Waals surface area contributed by atoms with Crippen molar-refractivity contribution in [3.8, 4) is 0 Å². The molecule has 2 N–H and O–H groups in total. The third-order valence-electron chi connectivity index (χ3n) is 4.72. The van der Waals surface area contributed by atoms with E-state index in [1.807, 2.05) is 62.3 Å². The molecule has 0 spiro atoms. The lowest BCUT2D eigenvalue weighted by molar-refractivity contribution is 0.0955. The second-order valence-electron chi connectivity index (χ2n) is 7.02. The summed E-state index contributed by atoms with van der Waals surface area (Å²) in [5.41, 5.74) is 8.06. The topological polar surface area (TPSA) is 56.7 Å². The van der Waals surface area contributed by atoms with Crippen LogP contribution < -0.4 is 15.6 Å². The van der Waals surface area contributed by atoms with Crippen molar-refractivity contribution < 1.29 is 4.79 Å². The minimum atomic E-state index is -0.228. The van der Waals surface area contributed by atoms with Crippen LogP contribution in [0.1, 0.15) is 22.8 Å². The van der Waals surface area contributed by atoms with Crippen molar-refractivity contribution in [2.45, 2.75) is 16.7 Å². The van der Waals surface area contributed by atoms with Crippen LogP contribution in [0.25, 0.3) is 0 Å². The van der Waals surface area contributed by atoms with E-state index in [2.05, 4.69) is 40.1 Å². The van der Waals surface area contributed by atoms with E-state index in [0.717, 1.165) is 28.3 Å². The van der Waals surface area contributed by atoms with Crippen LogP contribution in [0.2, 0.25) is 0 Å². The highest BCUT2D eigenvalue weighted by Gasteiger charge is 2.16. The first-order valence-corrected chi connectivity index (χ1v) is 10.1. The number of hydrogen-bond acceptors (Lipinski definition) is 5. The van der Waals surface area contributed by atoms with Crippen molar-refractivity contribution in [1.82, 2.24) is 5.43 Å². The third-order valence-corrected chi connectivity index (χ3v) is 5.88. The molecule has 0 aliphatic carbocycles. The first-order chi connectivity index (χ1) is 14.0. The number of nitrogens with one attached hydrogen (secondary N) is 2. The lowest BCUT2D eigenvalue weighted by atomic mass is 10.1. The van der Waals surface area contributed by atoms with E-state index in [4.69, 9.17) is 0 Å². The monoisotopic (exact) mass is 402 g/mol. The summed E-state index contributed by atoms with van der Waals surface area (Å²) in [4.78, 5) is 16.8. The number of benzene rings is 3. The van der Waals surface area contributed by atoms with Gasteiger partial charge in [-0.3, -0.25) is 4.79 Å². The van der Waals surface area contributed by atoms with Crippen molar-refractivity contribution in [2.24, 2.45) is 5.10 Å². The van der Waals surface area contributed by atoms with Crippen LogP contribution >= 0.6 is 11.8 Å². The number of carbonyl (C=O) groups excluding carboxylic acids is 1. The summed E-state index contributed by atoms with van der Waals surface area (Å²) in [7, 11) is 3.89. The Hall–Kier alpha value is -3.25. The van der Waals surface area contributed by atoms with Gasteiger partial charge in [-0.15, -0.1) is 0 Å². The molecule has 1 heterocycles. The van der Waals surface area contributed by atoms with Gasteiger partial charge in [0, 0.05) is 35.1 Å². The number of rotatable bonds is 4. The van der Waals surface area contributed by atoms with E-state index in [0.29, 0.717) is 5.56 Å². The largest absolute Gasteiger partial charge is 0.378 e. The SMILES string of the molecule is C/C(=N\NC(=O)c1cccc(N(C)C)c1)c1ccc2c(c1)Nc1ccccc1S2. The summed E-state index contributed by atoms with van der Waals surface area (Å²) in [5, 5.41) is 7.78. The molecule has 3 aromatic carbocycles. The molecule has 29 heavy (non-hydrogen) atoms. The van der Waals surface area contributed by atoms with Gasteiger partial charge in [0.1, 0.15) is 0 Å². The molecule has 0 fully saturated rings. The Morgan fingerprint density at radius 1 is 0.931 bits per heavy atom. The number of anilines is 3. The van der Waals surface area contributed by atoms with Crippen LogP contribution in [0.3, 0.4) is 0 Å². The third kappa shape index (κ3) is 4.12. The average Bonchev–Trinajstić information content (AvgIpc) is 2.75. The molecular weight excluding hydrogens is 380 g/mol. The Bertz CT molecular complexity index is 1110. The first-order valence-electron chi connectivity index (χ1n) is 9.31. The molecule has 5 nitrogen and oxygen atoms in total. The van der Waals surface area contributed by atoms with E-state index in [9.17, 15) is 4.79 Å². The van der Waals surface area contributed by atoms with Crippen molar-refractivity contribution in [3.63, 3.8) is 0 Å². The van der Waals surface area contributed by atoms with Gasteiger partial charge >= 0.3 is 0 Å². The lowest BCUT2D eigenvalue weighted by Gasteiger charge is -2.21. The van der Waals surface area contributed by atoms with Crippen molar-refractivity contribution in [2.75, 3.05) is 24.3 Å². The van der Waals surface area contributed by atoms with Gasteiger partial charge in [0.2, 0.25) is 0 Å². The average molecular weight is 403 g/mol. The van der Waals surface area contributed by atoms with E-state index in [1.54, 1.807) is 17.8 Å². The second-order valence-corrected chi connectivity index (χ2v) is 8.10. The molecule has 0 aromatic heterocycles. The van der Waals surface area contributed by atoms with Gasteiger partial charge in [-0.2, -0.15) is 5.10 Å². The van der Waals surface area contributed by atoms with Crippen LogP contribution in [0.5, 0.6) is 0 Å². The van der Waals surface area contributed by atoms with Crippen LogP contribution in [0.4, 0.5) is 17.1 Å². The summed E-state index contributed by atoms with van der Waals surface area (Å²) >= 11 is 1.75. The van der Waals surface area contributed by atoms with Crippen LogP contribution in [-0.4, -0.2) is 25.7 Å². The maximum atomic E-state index is 12.5. The zero-order valence-corrected chi connectivity index (χ0v) is 17.4. The quantitative estimate of drug-likeness (QED) is 0.368. The van der Waals surface area contributed by atoms with Gasteiger partial charge in [0.25, 0.3) is 5.91 Å². The molecule has 0 saturated carbocycles. The Labute approximate surface area is 174 Å². The smallest absolute Gasteiger partial charge is 0.271 e. The first kappa shape index (κ1) is 19.1. The highest BCUT2D eigenvalue weighted by Crippen LogP contribution is 2.44. The van der Waals surface area contributed by atoms with Gasteiger partial charge < -0.3 is 10.2 Å². The number of amides is 1. The molecule has 0 saturated heterocycles. The maximum Gasteiger partial charge on any atom is 0.271 e. The number of para-hydroxylation sites is 1. The van der Waals surface area contributed by atoms with Gasteiger partial charge in [-0.1, -0.05) is 36.0 Å². The highest BCUT2D eigenvalue weighted by molar-refractivity contribution is 7.99. The Kier molecular flexibility index (Phi) is 5.27. The Morgan fingerprint density at radius 3 is 2.55 bits per heavy atom. The number of hydrogen-bond donors (Lipinski definition) is 2. The molecular formula is C23H22N4OS. The fraction of sp³-hybridized carbons (Fsp3) is 0.130. The standard InChI is InChI=1S/C23H22N4OS/c1-15(25-26-23(28)17-7-6-8-18(13-17)27(2)3)16-11-12-22-20(14-16)24-19-9-4-5-10-21(19)29-22/h4-14,24H,1-3H3,(H,26,28)/b25-15+. The van der Waals surface area contributed by atoms with Crippen molar-refractivity contribution >= 4 is 40.4 Å². The molecule has 146 valence electrons. The summed E-state index contributed by atoms with van der Waals surface area (Å²) in [5.74, 6) is -0.228. The number of hydrazone groups is 1. The van der Waals surface area contributed by atoms with E-state index in [1.165, 1.54) is 9.79 Å². The van der Waals surface area contributed by atoms with Gasteiger partial charge in [0.05, 0.1) is 17.1 Å². The zero-order valence-electron chi connectivity index (χ0n) is 16.6. The van der Waals surface area contributed by atoms with Crippen LogP contribution in [0.15, 0.2) is 81.6 Å². The molecule has 0 atom stereocenters. The minimum Gasteiger partial charge on any atom is -0.378 e. The summed E-state index contributed by atoms with van der Waals surface area (Å²) in [6.45, 7) is 1.89. The predicted octanol–water partition coefficient (Wildman–Crippen LogP) is 5.11. The van der Waals surface area contributed by atoms with Crippen molar-refractivity contribution in [1.29, 1.82) is 0 Å². The fourth-order valence-electron chi connectivity index (χ4n) is 3.05. The summed E-state index contributed by atoms with van der Waals surface area (Å²) in [6, 6.07) is 21.9. The van der Waals surface area contributed by atoms with E-state index < -0.39 is 0 Å². The van der Waals surface area contributed by atoms with E-state index in [-0.39, 0.29) is 5.91 Å². The molecule has 4 rings (SSSR count). The molecule has 1 amide bonds. The Balaban J connectivity index is 1.50. The maximum absolute atomic E-state index is 12.5. The molecule has 0 bridgehead atoms. The number of nitrogens with zero attached hydrogens (tertiary/aromatic N) is 2. The minimum absolute atomic E-state index is 0.228. The predicted molar refractivity (Wildman–Crippen MR) is 121 cm³/mol. The van der Waals surface area contributed by atoms with Crippen LogP contribution in [-0.2, 0) is 0 Å². The second kappa shape index (κ2) is 8.01. The number of fused-ring (bicyclic) bond motifs is 2. The van der Waals surface area contributed by atoms with Gasteiger partial charge in [-0.25, -0.2) is 5.43 Å². The molecule has 3 aromatic rings.